The van der Waals surface area contributed by atoms with Crippen LogP contribution >= 0.6 is 11.8 Å². The molecule has 1 aromatic rings. The Balaban J connectivity index is 1.98. The van der Waals surface area contributed by atoms with Crippen LogP contribution in [0.1, 0.15) is 5.56 Å². The first-order valence-corrected chi connectivity index (χ1v) is 7.85. The van der Waals surface area contributed by atoms with Gasteiger partial charge in [-0.1, -0.05) is 6.07 Å². The summed E-state index contributed by atoms with van der Waals surface area (Å²) >= 11 is 0.0419. The molecule has 0 saturated heterocycles. The zero-order valence-corrected chi connectivity index (χ0v) is 12.1. The monoisotopic (exact) mass is 309 g/mol. The van der Waals surface area contributed by atoms with Crippen molar-refractivity contribution in [3.05, 3.63) is 35.5 Å². The Morgan fingerprint density at radius 2 is 2.35 bits per heavy atom. The standard InChI is InChI=1S/C12H11N3O3S2/c1-18-12(16)10-5-8(14-20(17)15-10)7-2-3-11-9(4-7)13-6-19-11/h2-5,13,15H,6H2,1H3. The van der Waals surface area contributed by atoms with Crippen molar-refractivity contribution >= 4 is 40.3 Å². The lowest BCUT2D eigenvalue weighted by Gasteiger charge is -2.13. The van der Waals surface area contributed by atoms with Gasteiger partial charge >= 0.3 is 5.97 Å². The van der Waals surface area contributed by atoms with Gasteiger partial charge in [0.05, 0.1) is 18.7 Å². The minimum atomic E-state index is -1.68. The third-order valence-electron chi connectivity index (χ3n) is 2.83. The molecular formula is C12H11N3O3S2. The smallest absolute Gasteiger partial charge is 0.355 e. The van der Waals surface area contributed by atoms with E-state index < -0.39 is 17.1 Å². The Labute approximate surface area is 122 Å². The number of carbonyl (C=O) groups is 1. The van der Waals surface area contributed by atoms with Crippen LogP contribution in [-0.4, -0.2) is 28.9 Å². The average Bonchev–Trinajstić information content (AvgIpc) is 2.93. The summed E-state index contributed by atoms with van der Waals surface area (Å²) in [6, 6.07) is 5.81. The predicted octanol–water partition coefficient (Wildman–Crippen LogP) is 1.19. The van der Waals surface area contributed by atoms with Gasteiger partial charge in [0, 0.05) is 16.1 Å². The second kappa shape index (κ2) is 5.29. The summed E-state index contributed by atoms with van der Waals surface area (Å²) in [6.45, 7) is 0. The van der Waals surface area contributed by atoms with Crippen LogP contribution in [0, 0.1) is 0 Å². The molecular weight excluding hydrogens is 298 g/mol. The summed E-state index contributed by atoms with van der Waals surface area (Å²) in [5.74, 6) is 0.266. The number of ether oxygens (including phenoxy) is 1. The minimum Gasteiger partial charge on any atom is -0.464 e. The summed E-state index contributed by atoms with van der Waals surface area (Å²) < 4.78 is 22.8. The molecule has 1 aromatic carbocycles. The minimum absolute atomic E-state index is 0.138. The molecule has 0 aromatic heterocycles. The molecule has 104 valence electrons. The topological polar surface area (TPSA) is 79.8 Å². The Morgan fingerprint density at radius 1 is 1.50 bits per heavy atom. The van der Waals surface area contributed by atoms with Crippen molar-refractivity contribution in [2.75, 3.05) is 18.3 Å². The van der Waals surface area contributed by atoms with E-state index in [9.17, 15) is 9.00 Å². The average molecular weight is 309 g/mol. The van der Waals surface area contributed by atoms with Crippen LogP contribution in [0.15, 0.2) is 39.3 Å². The van der Waals surface area contributed by atoms with E-state index in [4.69, 9.17) is 0 Å². The maximum Gasteiger partial charge on any atom is 0.355 e. The number of hydrogen-bond acceptors (Lipinski definition) is 5. The highest BCUT2D eigenvalue weighted by atomic mass is 32.2. The van der Waals surface area contributed by atoms with Gasteiger partial charge in [-0.25, -0.2) is 9.00 Å². The first-order chi connectivity index (χ1) is 9.67. The molecule has 2 aliphatic heterocycles. The number of rotatable bonds is 2. The fourth-order valence-corrected chi connectivity index (χ4v) is 3.44. The molecule has 1 atom stereocenters. The van der Waals surface area contributed by atoms with Crippen molar-refractivity contribution in [2.24, 2.45) is 4.40 Å². The van der Waals surface area contributed by atoms with Crippen molar-refractivity contribution in [2.45, 2.75) is 4.90 Å². The van der Waals surface area contributed by atoms with Gasteiger partial charge in [-0.3, -0.25) is 4.72 Å². The van der Waals surface area contributed by atoms with Gasteiger partial charge in [0.25, 0.3) is 0 Å². The Kier molecular flexibility index (Phi) is 3.49. The van der Waals surface area contributed by atoms with Crippen molar-refractivity contribution < 1.29 is 13.7 Å². The van der Waals surface area contributed by atoms with Crippen LogP contribution in [0.25, 0.3) is 0 Å². The number of thioether (sulfide) groups is 1. The van der Waals surface area contributed by atoms with E-state index in [1.165, 1.54) is 18.1 Å². The van der Waals surface area contributed by atoms with Gasteiger partial charge in [0.1, 0.15) is 5.70 Å². The highest BCUT2D eigenvalue weighted by molar-refractivity contribution is 7.99. The first kappa shape index (κ1) is 13.2. The number of nitrogens with one attached hydrogen (secondary N) is 2. The van der Waals surface area contributed by atoms with Gasteiger partial charge in [-0.15, -0.1) is 11.8 Å². The molecule has 1 unspecified atom stereocenters. The zero-order valence-electron chi connectivity index (χ0n) is 10.5. The Bertz CT molecular complexity index is 670. The number of anilines is 1. The van der Waals surface area contributed by atoms with E-state index in [1.807, 2.05) is 18.2 Å². The SMILES string of the molecule is COC(=O)C1=CC(c2ccc3c(c2)NCS3)=NS(=O)N1. The number of carbonyl (C=O) groups excluding carboxylic acids is 1. The molecule has 0 aliphatic carbocycles. The van der Waals surface area contributed by atoms with E-state index in [0.717, 1.165) is 17.1 Å². The highest BCUT2D eigenvalue weighted by Crippen LogP contribution is 2.34. The lowest BCUT2D eigenvalue weighted by Crippen LogP contribution is -2.27. The number of allylic oxidation sites excluding steroid dienone is 1. The molecule has 0 saturated carbocycles. The van der Waals surface area contributed by atoms with Gasteiger partial charge in [-0.05, 0) is 18.2 Å². The molecule has 0 fully saturated rings. The van der Waals surface area contributed by atoms with Gasteiger partial charge in [-0.2, -0.15) is 4.40 Å². The summed E-state index contributed by atoms with van der Waals surface area (Å²) in [6.07, 6.45) is 1.54. The maximum absolute atomic E-state index is 11.7. The number of fused-ring (bicyclic) bond motifs is 1. The molecule has 20 heavy (non-hydrogen) atoms. The highest BCUT2D eigenvalue weighted by Gasteiger charge is 2.20. The van der Waals surface area contributed by atoms with Gasteiger partial charge in [0.15, 0.2) is 0 Å². The Morgan fingerprint density at radius 3 is 3.15 bits per heavy atom. The zero-order chi connectivity index (χ0) is 14.1. The third-order valence-corrected chi connectivity index (χ3v) is 4.54. The first-order valence-electron chi connectivity index (χ1n) is 5.76. The van der Waals surface area contributed by atoms with E-state index in [1.54, 1.807) is 11.8 Å². The van der Waals surface area contributed by atoms with Crippen LogP contribution in [0.3, 0.4) is 0 Å². The van der Waals surface area contributed by atoms with E-state index >= 15 is 0 Å². The number of esters is 1. The van der Waals surface area contributed by atoms with E-state index in [2.05, 4.69) is 19.2 Å². The number of hydrogen-bond donors (Lipinski definition) is 2. The molecule has 2 N–H and O–H groups in total. The Hall–Kier alpha value is -1.80. The van der Waals surface area contributed by atoms with Crippen LogP contribution in [0.2, 0.25) is 0 Å². The molecule has 0 spiro atoms. The number of nitrogens with zero attached hydrogens (tertiary/aromatic N) is 1. The normalized spacial score (nSPS) is 20.1. The van der Waals surface area contributed by atoms with Crippen molar-refractivity contribution in [1.29, 1.82) is 0 Å². The molecule has 2 heterocycles. The van der Waals surface area contributed by atoms with Crippen molar-refractivity contribution in [3.63, 3.8) is 0 Å². The summed E-state index contributed by atoms with van der Waals surface area (Å²) in [4.78, 5) is 12.7. The lowest BCUT2D eigenvalue weighted by molar-refractivity contribution is -0.136. The molecule has 0 bridgehead atoms. The quantitative estimate of drug-likeness (QED) is 0.802. The molecule has 8 heteroatoms. The van der Waals surface area contributed by atoms with E-state index in [0.29, 0.717) is 5.71 Å². The van der Waals surface area contributed by atoms with Crippen LogP contribution in [-0.2, 0) is 20.7 Å². The summed E-state index contributed by atoms with van der Waals surface area (Å²) in [5.41, 5.74) is 2.45. The van der Waals surface area contributed by atoms with Gasteiger partial charge in [0.2, 0.25) is 11.2 Å². The van der Waals surface area contributed by atoms with Crippen LogP contribution in [0.5, 0.6) is 0 Å². The van der Waals surface area contributed by atoms with Gasteiger partial charge < -0.3 is 10.1 Å². The summed E-state index contributed by atoms with van der Waals surface area (Å²) in [7, 11) is 1.27. The number of methoxy groups -OCH3 is 1. The predicted molar refractivity (Wildman–Crippen MR) is 78.7 cm³/mol. The van der Waals surface area contributed by atoms with E-state index in [-0.39, 0.29) is 5.70 Å². The van der Waals surface area contributed by atoms with Crippen molar-refractivity contribution in [1.82, 2.24) is 4.72 Å². The van der Waals surface area contributed by atoms with Crippen molar-refractivity contribution in [3.8, 4) is 0 Å². The molecule has 3 rings (SSSR count). The number of benzene rings is 1. The fourth-order valence-electron chi connectivity index (χ4n) is 1.89. The fraction of sp³-hybridized carbons (Fsp3) is 0.167. The van der Waals surface area contributed by atoms with Crippen LogP contribution in [0.4, 0.5) is 5.69 Å². The molecule has 0 radical (unpaired) electrons. The molecule has 0 amide bonds. The third kappa shape index (κ3) is 2.44. The molecule has 2 aliphatic rings. The second-order valence-electron chi connectivity index (χ2n) is 4.05. The largest absolute Gasteiger partial charge is 0.464 e. The summed E-state index contributed by atoms with van der Waals surface area (Å²) in [5, 5.41) is 3.24. The second-order valence-corrected chi connectivity index (χ2v) is 5.96. The molecule has 6 nitrogen and oxygen atoms in total. The maximum atomic E-state index is 11.7. The lowest BCUT2D eigenvalue weighted by atomic mass is 10.1. The van der Waals surface area contributed by atoms with Crippen LogP contribution < -0.4 is 10.0 Å².